The molecule has 1 aromatic carbocycles. The number of nitrogens with one attached hydrogen (secondary N) is 1. The third-order valence-corrected chi connectivity index (χ3v) is 7.58. The van der Waals surface area contributed by atoms with Crippen molar-refractivity contribution in [1.29, 1.82) is 0 Å². The molecule has 3 aliphatic heterocycles. The van der Waals surface area contributed by atoms with Crippen LogP contribution in [0.3, 0.4) is 0 Å². The number of carbonyl (C=O) groups excluding carboxylic acids is 1. The van der Waals surface area contributed by atoms with E-state index in [4.69, 9.17) is 0 Å². The first kappa shape index (κ1) is 18.0. The summed E-state index contributed by atoms with van der Waals surface area (Å²) in [5.74, 6) is 0.705. The molecule has 3 nitrogen and oxygen atoms in total. The second-order valence-corrected chi connectivity index (χ2v) is 10.6. The summed E-state index contributed by atoms with van der Waals surface area (Å²) in [5, 5.41) is 4.56. The van der Waals surface area contributed by atoms with Crippen LogP contribution in [-0.2, 0) is 5.41 Å². The molecule has 140 valence electrons. The highest BCUT2D eigenvalue weighted by Gasteiger charge is 2.48. The summed E-state index contributed by atoms with van der Waals surface area (Å²) in [6.45, 7) is 13.6. The molecular weight excluding hydrogens is 340 g/mol. The summed E-state index contributed by atoms with van der Waals surface area (Å²) in [6.07, 6.45) is 2.41. The molecule has 2 bridgehead atoms. The third-order valence-electron chi connectivity index (χ3n) is 6.48. The van der Waals surface area contributed by atoms with Gasteiger partial charge >= 0.3 is 0 Å². The molecule has 2 aromatic rings. The van der Waals surface area contributed by atoms with Crippen molar-refractivity contribution >= 4 is 27.3 Å². The van der Waals surface area contributed by atoms with E-state index < -0.39 is 0 Å². The number of benzene rings is 1. The van der Waals surface area contributed by atoms with Gasteiger partial charge in [-0.1, -0.05) is 32.9 Å². The Bertz CT molecular complexity index is 837. The van der Waals surface area contributed by atoms with Gasteiger partial charge in [-0.05, 0) is 74.2 Å². The Balaban J connectivity index is 1.58. The Kier molecular flexibility index (Phi) is 4.20. The first-order valence-corrected chi connectivity index (χ1v) is 10.6. The molecule has 0 aliphatic carbocycles. The Morgan fingerprint density at radius 2 is 1.88 bits per heavy atom. The van der Waals surface area contributed by atoms with Crippen LogP contribution in [0.2, 0.25) is 0 Å². The molecule has 3 saturated heterocycles. The lowest BCUT2D eigenvalue weighted by Gasteiger charge is -2.56. The van der Waals surface area contributed by atoms with Crippen molar-refractivity contribution in [3.05, 3.63) is 34.7 Å². The second-order valence-electron chi connectivity index (χ2n) is 9.54. The molecule has 1 amide bonds. The predicted molar refractivity (Wildman–Crippen MR) is 110 cm³/mol. The van der Waals surface area contributed by atoms with Gasteiger partial charge in [0.05, 0.1) is 4.88 Å². The van der Waals surface area contributed by atoms with Crippen LogP contribution in [0, 0.1) is 5.92 Å². The van der Waals surface area contributed by atoms with Gasteiger partial charge in [-0.3, -0.25) is 9.69 Å². The van der Waals surface area contributed by atoms with Crippen LogP contribution in [0.5, 0.6) is 0 Å². The van der Waals surface area contributed by atoms with Crippen LogP contribution >= 0.6 is 11.3 Å². The molecule has 1 aromatic heterocycles. The fourth-order valence-electron chi connectivity index (χ4n) is 4.70. The summed E-state index contributed by atoms with van der Waals surface area (Å²) < 4.78 is 1.20. The topological polar surface area (TPSA) is 32.3 Å². The Morgan fingerprint density at radius 3 is 2.50 bits per heavy atom. The molecule has 3 fully saturated rings. The lowest BCUT2D eigenvalue weighted by atomic mass is 9.72. The molecule has 1 N–H and O–H groups in total. The second kappa shape index (κ2) is 6.07. The minimum atomic E-state index is 0.0485. The average molecular weight is 371 g/mol. The number of hydrogen-bond acceptors (Lipinski definition) is 3. The van der Waals surface area contributed by atoms with E-state index in [0.29, 0.717) is 5.92 Å². The molecule has 0 spiro atoms. The van der Waals surface area contributed by atoms with Crippen LogP contribution in [0.15, 0.2) is 24.3 Å². The van der Waals surface area contributed by atoms with E-state index >= 15 is 0 Å². The van der Waals surface area contributed by atoms with Crippen molar-refractivity contribution in [2.24, 2.45) is 5.92 Å². The minimum absolute atomic E-state index is 0.0485. The van der Waals surface area contributed by atoms with E-state index in [1.807, 2.05) is 0 Å². The predicted octanol–water partition coefficient (Wildman–Crippen LogP) is 4.80. The number of piperidine rings is 3. The van der Waals surface area contributed by atoms with E-state index in [-0.39, 0.29) is 22.9 Å². The van der Waals surface area contributed by atoms with Crippen LogP contribution in [0.25, 0.3) is 10.1 Å². The van der Waals surface area contributed by atoms with Gasteiger partial charge < -0.3 is 5.32 Å². The van der Waals surface area contributed by atoms with Gasteiger partial charge in [0.15, 0.2) is 0 Å². The van der Waals surface area contributed by atoms with Gasteiger partial charge in [-0.25, -0.2) is 0 Å². The van der Waals surface area contributed by atoms with Crippen molar-refractivity contribution in [3.63, 3.8) is 0 Å². The van der Waals surface area contributed by atoms with Gasteiger partial charge in [0, 0.05) is 16.3 Å². The van der Waals surface area contributed by atoms with Crippen molar-refractivity contribution in [1.82, 2.24) is 10.2 Å². The summed E-state index contributed by atoms with van der Waals surface area (Å²) in [4.78, 5) is 16.4. The Labute approximate surface area is 160 Å². The fourth-order valence-corrected chi connectivity index (χ4v) is 5.70. The summed E-state index contributed by atoms with van der Waals surface area (Å²) in [5.41, 5.74) is 1.49. The van der Waals surface area contributed by atoms with Gasteiger partial charge in [0.25, 0.3) is 5.91 Å². The first-order valence-electron chi connectivity index (χ1n) is 9.76. The van der Waals surface area contributed by atoms with Crippen LogP contribution < -0.4 is 5.32 Å². The third kappa shape index (κ3) is 2.97. The molecule has 5 rings (SSSR count). The Hall–Kier alpha value is -1.39. The van der Waals surface area contributed by atoms with Gasteiger partial charge in [0.1, 0.15) is 0 Å². The molecule has 0 unspecified atom stereocenters. The highest BCUT2D eigenvalue weighted by atomic mass is 32.1. The monoisotopic (exact) mass is 370 g/mol. The zero-order valence-electron chi connectivity index (χ0n) is 16.6. The number of hydrogen-bond donors (Lipinski definition) is 1. The minimum Gasteiger partial charge on any atom is -0.346 e. The lowest BCUT2D eigenvalue weighted by Crippen LogP contribution is -2.69. The van der Waals surface area contributed by atoms with Gasteiger partial charge in [0.2, 0.25) is 0 Å². The van der Waals surface area contributed by atoms with E-state index in [2.05, 4.69) is 69.1 Å². The normalized spacial score (nSPS) is 27.7. The molecule has 0 saturated carbocycles. The molecule has 4 heteroatoms. The van der Waals surface area contributed by atoms with Crippen molar-refractivity contribution in [2.75, 3.05) is 13.1 Å². The number of nitrogens with zero attached hydrogens (tertiary/aromatic N) is 1. The van der Waals surface area contributed by atoms with E-state index in [1.165, 1.54) is 41.6 Å². The van der Waals surface area contributed by atoms with E-state index in [9.17, 15) is 4.79 Å². The highest BCUT2D eigenvalue weighted by Crippen LogP contribution is 2.39. The first-order chi connectivity index (χ1) is 12.2. The van der Waals surface area contributed by atoms with E-state index in [1.54, 1.807) is 11.3 Å². The number of fused-ring (bicyclic) bond motifs is 4. The molecule has 3 aliphatic rings. The van der Waals surface area contributed by atoms with Crippen LogP contribution in [-0.4, -0.2) is 35.5 Å². The highest BCUT2D eigenvalue weighted by molar-refractivity contribution is 7.20. The zero-order valence-corrected chi connectivity index (χ0v) is 17.4. The number of carbonyl (C=O) groups is 1. The maximum atomic E-state index is 13.0. The molecular formula is C22H30N2OS. The molecule has 1 atom stereocenters. The number of rotatable bonds is 2. The zero-order chi connectivity index (χ0) is 18.7. The summed E-state index contributed by atoms with van der Waals surface area (Å²) >= 11 is 1.62. The average Bonchev–Trinajstić information content (AvgIpc) is 3.01. The van der Waals surface area contributed by atoms with Crippen molar-refractivity contribution < 1.29 is 4.79 Å². The fraction of sp³-hybridized carbons (Fsp3) is 0.591. The van der Waals surface area contributed by atoms with Crippen LogP contribution in [0.4, 0.5) is 0 Å². The van der Waals surface area contributed by atoms with Crippen molar-refractivity contribution in [2.45, 2.75) is 64.5 Å². The SMILES string of the molecule is CC(C)(C)c1ccc2cc(C(=O)N[C@H]3C4CCN(CC4)C3(C)C)sc2c1. The Morgan fingerprint density at radius 1 is 1.19 bits per heavy atom. The smallest absolute Gasteiger partial charge is 0.261 e. The van der Waals surface area contributed by atoms with Crippen molar-refractivity contribution in [3.8, 4) is 0 Å². The van der Waals surface area contributed by atoms with Gasteiger partial charge in [-0.2, -0.15) is 0 Å². The molecule has 4 heterocycles. The van der Waals surface area contributed by atoms with Gasteiger partial charge in [-0.15, -0.1) is 11.3 Å². The lowest BCUT2D eigenvalue weighted by molar-refractivity contribution is -0.0377. The number of thiophene rings is 1. The standard InChI is InChI=1S/C22H30N2OS/c1-21(2,3)16-7-6-15-12-18(26-17(15)13-16)20(25)23-19-14-8-10-24(11-9-14)22(19,4)5/h6-7,12-14,19H,8-11H2,1-5H3,(H,23,25)/t19-/m0/s1. The largest absolute Gasteiger partial charge is 0.346 e. The maximum absolute atomic E-state index is 13.0. The van der Waals surface area contributed by atoms with Crippen LogP contribution in [0.1, 0.15) is 62.7 Å². The molecule has 26 heavy (non-hydrogen) atoms. The summed E-state index contributed by atoms with van der Waals surface area (Å²) in [6, 6.07) is 8.88. The summed E-state index contributed by atoms with van der Waals surface area (Å²) in [7, 11) is 0. The molecule has 0 radical (unpaired) electrons. The van der Waals surface area contributed by atoms with E-state index in [0.717, 1.165) is 4.88 Å². The number of amides is 1. The quantitative estimate of drug-likeness (QED) is 0.823. The maximum Gasteiger partial charge on any atom is 0.261 e.